The van der Waals surface area contributed by atoms with E-state index in [0.29, 0.717) is 16.5 Å². The lowest BCUT2D eigenvalue weighted by Gasteiger charge is -2.23. The largest absolute Gasteiger partial charge is 0.369 e. The maximum atomic E-state index is 13.7. The highest BCUT2D eigenvalue weighted by Crippen LogP contribution is 2.32. The monoisotopic (exact) mass is 335 g/mol. The van der Waals surface area contributed by atoms with Gasteiger partial charge < -0.3 is 9.80 Å². The molecule has 1 aromatic rings. The minimum Gasteiger partial charge on any atom is -0.369 e. The van der Waals surface area contributed by atoms with Crippen LogP contribution in [0.5, 0.6) is 0 Å². The van der Waals surface area contributed by atoms with Crippen molar-refractivity contribution in [2.75, 3.05) is 32.1 Å². The van der Waals surface area contributed by atoms with Gasteiger partial charge in [0.1, 0.15) is 5.82 Å². The third-order valence-electron chi connectivity index (χ3n) is 4.15. The van der Waals surface area contributed by atoms with Crippen LogP contribution in [0.4, 0.5) is 14.9 Å². The van der Waals surface area contributed by atoms with Gasteiger partial charge in [0.15, 0.2) is 0 Å². The summed E-state index contributed by atoms with van der Waals surface area (Å²) in [6.07, 6.45) is 2.63. The maximum Gasteiger partial charge on any atom is 0.290 e. The van der Waals surface area contributed by atoms with E-state index in [1.165, 1.54) is 12.1 Å². The van der Waals surface area contributed by atoms with Crippen LogP contribution in [-0.4, -0.2) is 49.3 Å². The summed E-state index contributed by atoms with van der Waals surface area (Å²) in [5, 5.41) is 1.82. The van der Waals surface area contributed by atoms with Crippen LogP contribution in [0.15, 0.2) is 23.1 Å². The molecule has 5 nitrogen and oxygen atoms in total. The molecule has 0 radical (unpaired) electrons. The van der Waals surface area contributed by atoms with Crippen LogP contribution in [0.2, 0.25) is 0 Å². The Hall–Kier alpha value is -1.86. The van der Waals surface area contributed by atoms with Crippen molar-refractivity contribution in [3.05, 3.63) is 34.5 Å². The Morgan fingerprint density at radius 3 is 2.78 bits per heavy atom. The van der Waals surface area contributed by atoms with Crippen molar-refractivity contribution in [1.29, 1.82) is 0 Å². The van der Waals surface area contributed by atoms with Gasteiger partial charge in [0.25, 0.3) is 11.1 Å². The molecule has 2 aliphatic heterocycles. The van der Waals surface area contributed by atoms with Crippen molar-refractivity contribution >= 4 is 34.7 Å². The first-order valence-electron chi connectivity index (χ1n) is 7.40. The highest BCUT2D eigenvalue weighted by molar-refractivity contribution is 8.18. The number of carbonyl (C=O) groups excluding carboxylic acids is 2. The van der Waals surface area contributed by atoms with E-state index in [1.807, 2.05) is 14.1 Å². The molecular formula is C16H18FN3O2S. The number of nitrogens with zero attached hydrogens (tertiary/aromatic N) is 2. The highest BCUT2D eigenvalue weighted by Gasteiger charge is 2.28. The molecule has 2 saturated heterocycles. The fraction of sp³-hybridized carbons (Fsp3) is 0.375. The van der Waals surface area contributed by atoms with Gasteiger partial charge in [-0.25, -0.2) is 4.39 Å². The number of carbonyl (C=O) groups is 2. The summed E-state index contributed by atoms with van der Waals surface area (Å²) < 4.78 is 13.7. The summed E-state index contributed by atoms with van der Waals surface area (Å²) in [6.45, 7) is 1.73. The minimum absolute atomic E-state index is 0.296. The van der Waals surface area contributed by atoms with E-state index in [-0.39, 0.29) is 5.82 Å². The molecule has 2 heterocycles. The number of nitrogens with one attached hydrogen (secondary N) is 1. The standard InChI is InChI=1S/C16H18FN3O2S/c1-19(2)12-5-6-20(9-12)13-4-3-11(17)7-10(13)8-14-15(21)18-16(22)23-14/h3-4,7-8,12H,5-6,9H2,1-2H3,(H,18,21,22). The number of likely N-dealkylation sites (N-methyl/N-ethyl adjacent to an activating group) is 1. The number of imide groups is 1. The van der Waals surface area contributed by atoms with E-state index in [0.717, 1.165) is 37.0 Å². The molecule has 2 fully saturated rings. The minimum atomic E-state index is -0.428. The van der Waals surface area contributed by atoms with E-state index in [9.17, 15) is 14.0 Å². The third-order valence-corrected chi connectivity index (χ3v) is 4.96. The summed E-state index contributed by atoms with van der Waals surface area (Å²) >= 11 is 0.843. The molecule has 0 aromatic heterocycles. The fourth-order valence-corrected chi connectivity index (χ4v) is 3.55. The molecule has 0 spiro atoms. The number of hydrogen-bond donors (Lipinski definition) is 1. The van der Waals surface area contributed by atoms with Crippen LogP contribution < -0.4 is 10.2 Å². The number of hydrogen-bond acceptors (Lipinski definition) is 5. The number of amides is 2. The SMILES string of the molecule is CN(C)C1CCN(c2ccc(F)cc2C=C2SC(=O)NC2=O)C1. The summed E-state index contributed by atoms with van der Waals surface area (Å²) in [6, 6.07) is 5.01. The second-order valence-electron chi connectivity index (χ2n) is 5.91. The molecule has 1 unspecified atom stereocenters. The van der Waals surface area contributed by atoms with Crippen LogP contribution in [0, 0.1) is 5.82 Å². The first-order chi connectivity index (χ1) is 10.9. The van der Waals surface area contributed by atoms with Crippen molar-refractivity contribution in [2.45, 2.75) is 12.5 Å². The topological polar surface area (TPSA) is 52.6 Å². The van der Waals surface area contributed by atoms with Gasteiger partial charge in [-0.1, -0.05) is 0 Å². The van der Waals surface area contributed by atoms with E-state index in [1.54, 1.807) is 12.1 Å². The summed E-state index contributed by atoms with van der Waals surface area (Å²) in [5.74, 6) is -0.790. The van der Waals surface area contributed by atoms with Crippen molar-refractivity contribution < 1.29 is 14.0 Å². The number of halogens is 1. The van der Waals surface area contributed by atoms with Gasteiger partial charge in [-0.2, -0.15) is 0 Å². The molecule has 3 rings (SSSR count). The highest BCUT2D eigenvalue weighted by atomic mass is 32.2. The first-order valence-corrected chi connectivity index (χ1v) is 8.21. The smallest absolute Gasteiger partial charge is 0.290 e. The maximum absolute atomic E-state index is 13.7. The van der Waals surface area contributed by atoms with Crippen molar-refractivity contribution in [3.63, 3.8) is 0 Å². The average molecular weight is 335 g/mol. The predicted molar refractivity (Wildman–Crippen MR) is 89.8 cm³/mol. The Morgan fingerprint density at radius 1 is 1.39 bits per heavy atom. The van der Waals surface area contributed by atoms with E-state index >= 15 is 0 Å². The van der Waals surface area contributed by atoms with Crippen LogP contribution in [0.1, 0.15) is 12.0 Å². The Balaban J connectivity index is 1.92. The van der Waals surface area contributed by atoms with Crippen LogP contribution >= 0.6 is 11.8 Å². The van der Waals surface area contributed by atoms with Crippen molar-refractivity contribution in [1.82, 2.24) is 10.2 Å². The summed E-state index contributed by atoms with van der Waals surface area (Å²) in [4.78, 5) is 27.7. The zero-order chi connectivity index (χ0) is 16.6. The first kappa shape index (κ1) is 16.0. The molecule has 1 atom stereocenters. The van der Waals surface area contributed by atoms with E-state index in [2.05, 4.69) is 15.1 Å². The summed E-state index contributed by atoms with van der Waals surface area (Å²) in [5.41, 5.74) is 1.51. The molecule has 0 bridgehead atoms. The number of rotatable bonds is 3. The molecule has 0 saturated carbocycles. The second kappa shape index (κ2) is 6.33. The Morgan fingerprint density at radius 2 is 2.17 bits per heavy atom. The van der Waals surface area contributed by atoms with Gasteiger partial charge in [-0.15, -0.1) is 0 Å². The molecule has 1 N–H and O–H groups in total. The summed E-state index contributed by atoms with van der Waals surface area (Å²) in [7, 11) is 4.10. The van der Waals surface area contributed by atoms with E-state index in [4.69, 9.17) is 0 Å². The number of thioether (sulfide) groups is 1. The lowest BCUT2D eigenvalue weighted by Crippen LogP contribution is -2.31. The second-order valence-corrected chi connectivity index (χ2v) is 6.92. The molecule has 2 aliphatic rings. The predicted octanol–water partition coefficient (Wildman–Crippen LogP) is 2.29. The van der Waals surface area contributed by atoms with Crippen LogP contribution in [-0.2, 0) is 4.79 Å². The van der Waals surface area contributed by atoms with Gasteiger partial charge in [0, 0.05) is 30.4 Å². The number of benzene rings is 1. The van der Waals surface area contributed by atoms with Crippen molar-refractivity contribution in [2.24, 2.45) is 0 Å². The lowest BCUT2D eigenvalue weighted by molar-refractivity contribution is -0.115. The van der Waals surface area contributed by atoms with Gasteiger partial charge in [-0.3, -0.25) is 14.9 Å². The molecule has 23 heavy (non-hydrogen) atoms. The van der Waals surface area contributed by atoms with Crippen LogP contribution in [0.3, 0.4) is 0 Å². The Labute approximate surface area is 138 Å². The van der Waals surface area contributed by atoms with E-state index < -0.39 is 11.1 Å². The van der Waals surface area contributed by atoms with Gasteiger partial charge >= 0.3 is 0 Å². The van der Waals surface area contributed by atoms with Crippen molar-refractivity contribution in [3.8, 4) is 0 Å². The zero-order valence-corrected chi connectivity index (χ0v) is 13.8. The third kappa shape index (κ3) is 3.40. The fourth-order valence-electron chi connectivity index (χ4n) is 2.87. The quantitative estimate of drug-likeness (QED) is 0.859. The molecular weight excluding hydrogens is 317 g/mol. The number of anilines is 1. The average Bonchev–Trinajstić information content (AvgIpc) is 3.07. The Kier molecular flexibility index (Phi) is 4.41. The molecule has 7 heteroatoms. The molecule has 2 amide bonds. The molecule has 0 aliphatic carbocycles. The normalized spacial score (nSPS) is 23.2. The zero-order valence-electron chi connectivity index (χ0n) is 13.0. The Bertz CT molecular complexity index is 690. The van der Waals surface area contributed by atoms with Gasteiger partial charge in [0.05, 0.1) is 4.91 Å². The van der Waals surface area contributed by atoms with Crippen LogP contribution in [0.25, 0.3) is 6.08 Å². The van der Waals surface area contributed by atoms with Gasteiger partial charge in [0.2, 0.25) is 0 Å². The molecule has 1 aromatic carbocycles. The molecule has 122 valence electrons. The lowest BCUT2D eigenvalue weighted by atomic mass is 10.1. The van der Waals surface area contributed by atoms with Gasteiger partial charge in [-0.05, 0) is 56.6 Å².